The van der Waals surface area contributed by atoms with Crippen LogP contribution in [0.1, 0.15) is 22.9 Å². The molecule has 0 spiro atoms. The van der Waals surface area contributed by atoms with Gasteiger partial charge in [0, 0.05) is 37.9 Å². The Hall–Kier alpha value is -1.59. The maximum atomic E-state index is 5.65. The van der Waals surface area contributed by atoms with Crippen LogP contribution in [-0.2, 0) is 6.54 Å². The van der Waals surface area contributed by atoms with Crippen LogP contribution < -0.4 is 5.32 Å². The summed E-state index contributed by atoms with van der Waals surface area (Å²) in [6.07, 6.45) is 5.61. The minimum atomic E-state index is 0.309. The fourth-order valence-electron chi connectivity index (χ4n) is 2.52. The largest absolute Gasteiger partial charge is 0.467 e. The fraction of sp³-hybridized carbons (Fsp3) is 0.462. The molecule has 1 aliphatic heterocycles. The molecule has 1 atom stereocenters. The van der Waals surface area contributed by atoms with Crippen molar-refractivity contribution in [3.63, 3.8) is 0 Å². The third-order valence-electron chi connectivity index (χ3n) is 3.50. The van der Waals surface area contributed by atoms with E-state index >= 15 is 0 Å². The first-order valence-corrected chi connectivity index (χ1v) is 6.31. The Morgan fingerprint density at radius 2 is 2.50 bits per heavy atom. The van der Waals surface area contributed by atoms with Gasteiger partial charge in [-0.2, -0.15) is 5.10 Å². The van der Waals surface area contributed by atoms with Crippen LogP contribution >= 0.6 is 0 Å². The molecule has 5 heteroatoms. The van der Waals surface area contributed by atoms with Gasteiger partial charge in [0.1, 0.15) is 5.76 Å². The topological polar surface area (TPSA) is 57.1 Å². The van der Waals surface area contributed by atoms with Gasteiger partial charge in [0.2, 0.25) is 0 Å². The molecule has 5 nitrogen and oxygen atoms in total. The van der Waals surface area contributed by atoms with Crippen LogP contribution in [0.2, 0.25) is 0 Å². The lowest BCUT2D eigenvalue weighted by Crippen LogP contribution is -2.45. The smallest absolute Gasteiger partial charge is 0.125 e. The Morgan fingerprint density at radius 1 is 1.56 bits per heavy atom. The average molecular weight is 246 g/mol. The number of piperazine rings is 1. The number of nitrogens with zero attached hydrogens (tertiary/aromatic N) is 2. The van der Waals surface area contributed by atoms with E-state index in [4.69, 9.17) is 4.42 Å². The molecule has 1 fully saturated rings. The lowest BCUT2D eigenvalue weighted by molar-refractivity contribution is 0.134. The van der Waals surface area contributed by atoms with E-state index in [1.807, 2.05) is 18.5 Å². The summed E-state index contributed by atoms with van der Waals surface area (Å²) < 4.78 is 5.65. The molecule has 0 amide bonds. The van der Waals surface area contributed by atoms with Crippen molar-refractivity contribution in [1.82, 2.24) is 20.4 Å². The standard InChI is InChI=1S/C13H18N4O/c1-10-2-5-18-13(10)12-8-14-3-4-17(12)9-11-6-15-16-7-11/h2,5-7,12,14H,3-4,8-9H2,1H3,(H,15,16). The monoisotopic (exact) mass is 246 g/mol. The molecule has 3 heterocycles. The third kappa shape index (κ3) is 2.19. The summed E-state index contributed by atoms with van der Waals surface area (Å²) in [4.78, 5) is 2.44. The quantitative estimate of drug-likeness (QED) is 0.861. The van der Waals surface area contributed by atoms with E-state index in [1.54, 1.807) is 6.26 Å². The second-order valence-corrected chi connectivity index (χ2v) is 4.76. The highest BCUT2D eigenvalue weighted by molar-refractivity contribution is 5.19. The van der Waals surface area contributed by atoms with Gasteiger partial charge in [-0.05, 0) is 18.6 Å². The van der Waals surface area contributed by atoms with Crippen LogP contribution in [0, 0.1) is 6.92 Å². The molecule has 96 valence electrons. The normalized spacial score (nSPS) is 21.3. The lowest BCUT2D eigenvalue weighted by Gasteiger charge is -2.35. The van der Waals surface area contributed by atoms with Crippen molar-refractivity contribution in [3.05, 3.63) is 41.6 Å². The number of aryl methyl sites for hydroxylation is 1. The maximum absolute atomic E-state index is 5.65. The van der Waals surface area contributed by atoms with E-state index in [1.165, 1.54) is 11.1 Å². The minimum absolute atomic E-state index is 0.309. The van der Waals surface area contributed by atoms with E-state index in [9.17, 15) is 0 Å². The van der Waals surface area contributed by atoms with E-state index in [0.717, 1.165) is 31.9 Å². The second kappa shape index (κ2) is 4.96. The van der Waals surface area contributed by atoms with Gasteiger partial charge >= 0.3 is 0 Å². The van der Waals surface area contributed by atoms with E-state index in [0.29, 0.717) is 6.04 Å². The van der Waals surface area contributed by atoms with Crippen molar-refractivity contribution in [3.8, 4) is 0 Å². The van der Waals surface area contributed by atoms with Crippen molar-refractivity contribution in [1.29, 1.82) is 0 Å². The first kappa shape index (κ1) is 11.5. The number of aromatic amines is 1. The van der Waals surface area contributed by atoms with Crippen molar-refractivity contribution in [2.45, 2.75) is 19.5 Å². The van der Waals surface area contributed by atoms with Gasteiger partial charge in [0.25, 0.3) is 0 Å². The molecule has 1 unspecified atom stereocenters. The van der Waals surface area contributed by atoms with Crippen LogP contribution in [0.25, 0.3) is 0 Å². The molecule has 1 aliphatic rings. The van der Waals surface area contributed by atoms with Gasteiger partial charge in [-0.1, -0.05) is 0 Å². The summed E-state index contributed by atoms with van der Waals surface area (Å²) in [6.45, 7) is 5.99. The highest BCUT2D eigenvalue weighted by Gasteiger charge is 2.27. The number of hydrogen-bond acceptors (Lipinski definition) is 4. The number of rotatable bonds is 3. The minimum Gasteiger partial charge on any atom is -0.467 e. The van der Waals surface area contributed by atoms with Gasteiger partial charge in [-0.3, -0.25) is 10.00 Å². The van der Waals surface area contributed by atoms with Crippen LogP contribution in [0.5, 0.6) is 0 Å². The van der Waals surface area contributed by atoms with Crippen LogP contribution in [0.4, 0.5) is 0 Å². The number of furan rings is 1. The molecule has 2 aromatic heterocycles. The Morgan fingerprint density at radius 3 is 3.22 bits per heavy atom. The SMILES string of the molecule is Cc1ccoc1C1CNCCN1Cc1cn[nH]c1. The van der Waals surface area contributed by atoms with Crippen LogP contribution in [0.15, 0.2) is 29.1 Å². The molecular formula is C13H18N4O. The zero-order chi connectivity index (χ0) is 12.4. The maximum Gasteiger partial charge on any atom is 0.125 e. The number of nitrogens with one attached hydrogen (secondary N) is 2. The molecule has 0 saturated carbocycles. The van der Waals surface area contributed by atoms with E-state index < -0.39 is 0 Å². The Labute approximate surface area is 106 Å². The predicted octanol–water partition coefficient (Wildman–Crippen LogP) is 1.46. The van der Waals surface area contributed by atoms with Gasteiger partial charge in [0.15, 0.2) is 0 Å². The fourth-order valence-corrected chi connectivity index (χ4v) is 2.52. The number of aromatic nitrogens is 2. The van der Waals surface area contributed by atoms with E-state index in [2.05, 4.69) is 27.3 Å². The van der Waals surface area contributed by atoms with Crippen molar-refractivity contribution < 1.29 is 4.42 Å². The van der Waals surface area contributed by atoms with Crippen molar-refractivity contribution in [2.24, 2.45) is 0 Å². The van der Waals surface area contributed by atoms with Crippen LogP contribution in [-0.4, -0.2) is 34.7 Å². The van der Waals surface area contributed by atoms with Gasteiger partial charge in [-0.25, -0.2) is 0 Å². The molecule has 0 aliphatic carbocycles. The molecule has 2 aromatic rings. The second-order valence-electron chi connectivity index (χ2n) is 4.76. The highest BCUT2D eigenvalue weighted by atomic mass is 16.3. The highest BCUT2D eigenvalue weighted by Crippen LogP contribution is 2.27. The molecule has 0 radical (unpaired) electrons. The zero-order valence-corrected chi connectivity index (χ0v) is 10.5. The van der Waals surface area contributed by atoms with Crippen molar-refractivity contribution >= 4 is 0 Å². The Balaban J connectivity index is 1.80. The summed E-state index contributed by atoms with van der Waals surface area (Å²) in [5.74, 6) is 1.07. The summed E-state index contributed by atoms with van der Waals surface area (Å²) in [5, 5.41) is 10.3. The first-order chi connectivity index (χ1) is 8.84. The van der Waals surface area contributed by atoms with Crippen LogP contribution in [0.3, 0.4) is 0 Å². The molecule has 2 N–H and O–H groups in total. The lowest BCUT2D eigenvalue weighted by atomic mass is 10.1. The van der Waals surface area contributed by atoms with Crippen molar-refractivity contribution in [2.75, 3.05) is 19.6 Å². The molecule has 18 heavy (non-hydrogen) atoms. The molecular weight excluding hydrogens is 228 g/mol. The predicted molar refractivity (Wildman–Crippen MR) is 68.1 cm³/mol. The summed E-state index contributed by atoms with van der Waals surface area (Å²) in [7, 11) is 0. The van der Waals surface area contributed by atoms with Gasteiger partial charge in [0.05, 0.1) is 18.5 Å². The molecule has 1 saturated heterocycles. The average Bonchev–Trinajstić information content (AvgIpc) is 3.02. The molecule has 0 aromatic carbocycles. The first-order valence-electron chi connectivity index (χ1n) is 6.31. The zero-order valence-electron chi connectivity index (χ0n) is 10.5. The summed E-state index contributed by atoms with van der Waals surface area (Å²) in [5.41, 5.74) is 2.44. The number of H-pyrrole nitrogens is 1. The Bertz CT molecular complexity index is 491. The van der Waals surface area contributed by atoms with Gasteiger partial charge < -0.3 is 9.73 Å². The summed E-state index contributed by atoms with van der Waals surface area (Å²) >= 11 is 0. The molecule has 3 rings (SSSR count). The summed E-state index contributed by atoms with van der Waals surface area (Å²) in [6, 6.07) is 2.34. The number of hydrogen-bond donors (Lipinski definition) is 2. The van der Waals surface area contributed by atoms with E-state index in [-0.39, 0.29) is 0 Å². The molecule has 0 bridgehead atoms. The Kier molecular flexibility index (Phi) is 3.17. The third-order valence-corrected chi connectivity index (χ3v) is 3.50. The van der Waals surface area contributed by atoms with Gasteiger partial charge in [-0.15, -0.1) is 0 Å².